The van der Waals surface area contributed by atoms with Gasteiger partial charge in [0.1, 0.15) is 7.85 Å². The van der Waals surface area contributed by atoms with Crippen LogP contribution in [0.4, 0.5) is 43.9 Å². The lowest BCUT2D eigenvalue weighted by Crippen LogP contribution is -2.53. The summed E-state index contributed by atoms with van der Waals surface area (Å²) in [6, 6.07) is 0. The summed E-state index contributed by atoms with van der Waals surface area (Å²) in [5, 5.41) is 0. The minimum atomic E-state index is -6.47. The van der Waals surface area contributed by atoms with E-state index in [2.05, 4.69) is 0 Å². The molecule has 0 spiro atoms. The Kier molecular flexibility index (Phi) is 3.54. The predicted octanol–water partition coefficient (Wildman–Crippen LogP) is 2.80. The molecule has 0 aromatic carbocycles. The maximum atomic E-state index is 12.2. The van der Waals surface area contributed by atoms with Crippen molar-refractivity contribution < 1.29 is 43.9 Å². The van der Waals surface area contributed by atoms with Crippen molar-refractivity contribution in [3.8, 4) is 0 Å². The Morgan fingerprint density at radius 3 is 0.875 bits per heavy atom. The average molecular weight is 264 g/mol. The first kappa shape index (κ1) is 15.4. The summed E-state index contributed by atoms with van der Waals surface area (Å²) in [5.74, 6) is -16.5. The minimum Gasteiger partial charge on any atom is -0.197 e. The van der Waals surface area contributed by atoms with Crippen LogP contribution in [0.3, 0.4) is 0 Å². The van der Waals surface area contributed by atoms with Crippen LogP contribution in [0.15, 0.2) is 0 Å². The lowest BCUT2D eigenvalue weighted by atomic mass is 9.75. The first-order valence-electron chi connectivity index (χ1n) is 3.54. The third-order valence-corrected chi connectivity index (χ3v) is 1.84. The summed E-state index contributed by atoms with van der Waals surface area (Å²) < 4.78 is 118. The van der Waals surface area contributed by atoms with E-state index in [-0.39, 0.29) is 0 Å². The number of halogens is 10. The summed E-state index contributed by atoms with van der Waals surface area (Å²) in [5.41, 5.74) is 0. The standard InChI is InChI=1S/C5H3BF10/c6-1(2(7,8)4(11,12)13)3(9,10)5(14,15)16/h1H,6H2. The van der Waals surface area contributed by atoms with Gasteiger partial charge in [0.25, 0.3) is 0 Å². The van der Waals surface area contributed by atoms with Gasteiger partial charge in [-0.1, -0.05) is 0 Å². The van der Waals surface area contributed by atoms with Gasteiger partial charge in [-0.25, -0.2) is 0 Å². The molecule has 0 heterocycles. The molecule has 0 aromatic heterocycles. The monoisotopic (exact) mass is 264 g/mol. The van der Waals surface area contributed by atoms with Crippen LogP contribution in [-0.2, 0) is 0 Å². The van der Waals surface area contributed by atoms with Gasteiger partial charge in [-0.2, -0.15) is 43.9 Å². The van der Waals surface area contributed by atoms with Crippen molar-refractivity contribution in [2.75, 3.05) is 0 Å². The predicted molar refractivity (Wildman–Crippen MR) is 34.3 cm³/mol. The van der Waals surface area contributed by atoms with Crippen molar-refractivity contribution in [3.63, 3.8) is 0 Å². The molecule has 0 radical (unpaired) electrons. The quantitative estimate of drug-likeness (QED) is 0.531. The molecule has 0 aliphatic heterocycles. The third kappa shape index (κ3) is 2.37. The molecule has 0 atom stereocenters. The zero-order valence-corrected chi connectivity index (χ0v) is 7.36. The van der Waals surface area contributed by atoms with Crippen LogP contribution in [0.2, 0.25) is 5.82 Å². The smallest absolute Gasteiger partial charge is 0.197 e. The first-order chi connectivity index (χ1) is 6.65. The number of rotatable bonds is 2. The zero-order valence-electron chi connectivity index (χ0n) is 7.36. The highest BCUT2D eigenvalue weighted by molar-refractivity contribution is 6.13. The van der Waals surface area contributed by atoms with Crippen LogP contribution >= 0.6 is 0 Å². The molecule has 11 heteroatoms. The zero-order chi connectivity index (χ0) is 13.6. The molecule has 0 saturated heterocycles. The van der Waals surface area contributed by atoms with Crippen molar-refractivity contribution in [2.24, 2.45) is 0 Å². The molecule has 0 aliphatic carbocycles. The van der Waals surface area contributed by atoms with E-state index >= 15 is 0 Å². The van der Waals surface area contributed by atoms with Gasteiger partial charge in [0.05, 0.1) is 5.82 Å². The van der Waals surface area contributed by atoms with E-state index in [9.17, 15) is 43.9 Å². The van der Waals surface area contributed by atoms with E-state index in [0.717, 1.165) is 0 Å². The highest BCUT2D eigenvalue weighted by atomic mass is 19.4. The fourth-order valence-corrected chi connectivity index (χ4v) is 0.719. The Bertz CT molecular complexity index is 223. The first-order valence-corrected chi connectivity index (χ1v) is 3.54. The Morgan fingerprint density at radius 1 is 0.562 bits per heavy atom. The number of alkyl halides is 10. The minimum absolute atomic E-state index is 0.513. The Balaban J connectivity index is 5.30. The summed E-state index contributed by atoms with van der Waals surface area (Å²) in [6.45, 7) is 0. The van der Waals surface area contributed by atoms with E-state index < -0.39 is 37.9 Å². The summed E-state index contributed by atoms with van der Waals surface area (Å²) in [4.78, 5) is 0. The SMILES string of the molecule is BC(C(F)(F)C(F)(F)F)C(F)(F)C(F)(F)F. The van der Waals surface area contributed by atoms with Crippen LogP contribution in [-0.4, -0.2) is 32.0 Å². The Labute approximate surface area is 83.0 Å². The molecule has 0 nitrogen and oxygen atoms in total. The highest BCUT2D eigenvalue weighted by Crippen LogP contribution is 2.54. The maximum Gasteiger partial charge on any atom is 0.453 e. The van der Waals surface area contributed by atoms with E-state index in [4.69, 9.17) is 0 Å². The number of hydrogen-bond acceptors (Lipinski definition) is 0. The number of hydrogen-bond donors (Lipinski definition) is 0. The molecule has 0 saturated carbocycles. The van der Waals surface area contributed by atoms with E-state index in [1.165, 1.54) is 0 Å². The van der Waals surface area contributed by atoms with Gasteiger partial charge in [0.2, 0.25) is 0 Å². The molecule has 0 unspecified atom stereocenters. The van der Waals surface area contributed by atoms with E-state index in [1.54, 1.807) is 0 Å². The molecule has 0 aliphatic rings. The van der Waals surface area contributed by atoms with E-state index in [0.29, 0.717) is 0 Å². The second-order valence-electron chi connectivity index (χ2n) is 2.96. The van der Waals surface area contributed by atoms with Crippen molar-refractivity contribution in [1.29, 1.82) is 0 Å². The molecule has 96 valence electrons. The topological polar surface area (TPSA) is 0 Å². The lowest BCUT2D eigenvalue weighted by molar-refractivity contribution is -0.340. The molecular weight excluding hydrogens is 261 g/mol. The van der Waals surface area contributed by atoms with E-state index in [1.807, 2.05) is 0 Å². The second-order valence-corrected chi connectivity index (χ2v) is 2.96. The van der Waals surface area contributed by atoms with Crippen molar-refractivity contribution in [2.45, 2.75) is 30.0 Å². The van der Waals surface area contributed by atoms with Gasteiger partial charge < -0.3 is 0 Å². The summed E-state index contributed by atoms with van der Waals surface area (Å²) in [7, 11) is -0.513. The van der Waals surface area contributed by atoms with Crippen LogP contribution < -0.4 is 0 Å². The van der Waals surface area contributed by atoms with Gasteiger partial charge in [0, 0.05) is 0 Å². The fraction of sp³-hybridized carbons (Fsp3) is 1.00. The van der Waals surface area contributed by atoms with Crippen LogP contribution in [0.25, 0.3) is 0 Å². The van der Waals surface area contributed by atoms with Crippen LogP contribution in [0.5, 0.6) is 0 Å². The van der Waals surface area contributed by atoms with Crippen LogP contribution in [0.1, 0.15) is 0 Å². The average Bonchev–Trinajstić information content (AvgIpc) is 1.98. The maximum absolute atomic E-state index is 12.2. The van der Waals surface area contributed by atoms with Gasteiger partial charge in [-0.15, -0.1) is 0 Å². The molecule has 0 bridgehead atoms. The normalized spacial score (nSPS) is 15.7. The van der Waals surface area contributed by atoms with Gasteiger partial charge in [0.15, 0.2) is 0 Å². The highest BCUT2D eigenvalue weighted by Gasteiger charge is 2.73. The van der Waals surface area contributed by atoms with Crippen molar-refractivity contribution in [1.82, 2.24) is 0 Å². The Hall–Kier alpha value is -0.635. The lowest BCUT2D eigenvalue weighted by Gasteiger charge is -2.32. The van der Waals surface area contributed by atoms with Crippen LogP contribution in [0, 0.1) is 0 Å². The fourth-order valence-electron chi connectivity index (χ4n) is 0.719. The molecule has 16 heavy (non-hydrogen) atoms. The van der Waals surface area contributed by atoms with Gasteiger partial charge in [-0.05, 0) is 0 Å². The van der Waals surface area contributed by atoms with Crippen molar-refractivity contribution >= 4 is 7.85 Å². The third-order valence-electron chi connectivity index (χ3n) is 1.84. The summed E-state index contributed by atoms with van der Waals surface area (Å²) >= 11 is 0. The molecule has 0 rings (SSSR count). The molecule has 0 amide bonds. The van der Waals surface area contributed by atoms with Gasteiger partial charge in [-0.3, -0.25) is 0 Å². The Morgan fingerprint density at radius 2 is 0.750 bits per heavy atom. The second kappa shape index (κ2) is 3.69. The molecule has 0 aromatic rings. The largest absolute Gasteiger partial charge is 0.453 e. The molecule has 0 fully saturated rings. The molecule has 0 N–H and O–H groups in total. The summed E-state index contributed by atoms with van der Waals surface area (Å²) in [6.07, 6.45) is -12.9. The van der Waals surface area contributed by atoms with Crippen molar-refractivity contribution in [3.05, 3.63) is 0 Å². The molecular formula is C5H3BF10. The van der Waals surface area contributed by atoms with Gasteiger partial charge >= 0.3 is 24.2 Å².